The monoisotopic (exact) mass is 515 g/mol. The molecule has 3 rings (SSSR count). The third-order valence-corrected chi connectivity index (χ3v) is 4.95. The van der Waals surface area contributed by atoms with Gasteiger partial charge in [0, 0.05) is 15.7 Å². The lowest BCUT2D eigenvalue weighted by atomic mass is 10.2. The molecule has 3 aromatic carbocycles. The molecule has 3 aromatic rings. The van der Waals surface area contributed by atoms with Gasteiger partial charge in [-0.2, -0.15) is 5.10 Å². The van der Waals surface area contributed by atoms with Crippen molar-refractivity contribution < 1.29 is 19.1 Å². The number of anilines is 1. The van der Waals surface area contributed by atoms with Crippen LogP contribution in [0.25, 0.3) is 0 Å². The minimum atomic E-state index is -0.351. The third-order valence-electron chi connectivity index (χ3n) is 4.14. The van der Waals surface area contributed by atoms with Crippen molar-refractivity contribution in [3.63, 3.8) is 0 Å². The van der Waals surface area contributed by atoms with Crippen molar-refractivity contribution in [1.29, 1.82) is 0 Å². The van der Waals surface area contributed by atoms with Crippen LogP contribution in [0.4, 0.5) is 5.69 Å². The molecule has 32 heavy (non-hydrogen) atoms. The molecule has 0 radical (unpaired) electrons. The molecule has 9 heteroatoms. The summed E-state index contributed by atoms with van der Waals surface area (Å²) in [5.41, 5.74) is 4.16. The first-order chi connectivity index (χ1) is 15.5. The van der Waals surface area contributed by atoms with Crippen molar-refractivity contribution in [3.05, 3.63) is 87.4 Å². The summed E-state index contributed by atoms with van der Waals surface area (Å²) in [6.45, 7) is -0.248. The Bertz CT molecular complexity index is 1120. The topological polar surface area (TPSA) is 89.0 Å². The molecular weight excluding hydrogens is 498 g/mol. The quantitative estimate of drug-likeness (QED) is 0.329. The van der Waals surface area contributed by atoms with E-state index < -0.39 is 0 Å². The maximum absolute atomic E-state index is 12.1. The van der Waals surface area contributed by atoms with Crippen LogP contribution in [0.2, 0.25) is 5.02 Å². The third kappa shape index (κ3) is 6.57. The number of nitrogens with one attached hydrogen (secondary N) is 2. The number of benzene rings is 3. The number of methoxy groups -OCH3 is 1. The lowest BCUT2D eigenvalue weighted by Crippen LogP contribution is -2.20. The molecule has 0 spiro atoms. The summed E-state index contributed by atoms with van der Waals surface area (Å²) in [4.78, 5) is 24.2. The Morgan fingerprint density at radius 2 is 1.81 bits per heavy atom. The Balaban J connectivity index is 1.62. The molecule has 0 aromatic heterocycles. The number of para-hydroxylation sites is 1. The molecule has 164 valence electrons. The van der Waals surface area contributed by atoms with E-state index in [0.717, 1.165) is 4.47 Å². The van der Waals surface area contributed by atoms with E-state index in [-0.39, 0.29) is 29.2 Å². The summed E-state index contributed by atoms with van der Waals surface area (Å²) >= 11 is 9.64. The van der Waals surface area contributed by atoms with Crippen molar-refractivity contribution in [2.24, 2.45) is 5.10 Å². The maximum atomic E-state index is 12.1. The van der Waals surface area contributed by atoms with E-state index in [9.17, 15) is 9.59 Å². The summed E-state index contributed by atoms with van der Waals surface area (Å²) in [6, 6.07) is 19.1. The highest BCUT2D eigenvalue weighted by molar-refractivity contribution is 9.10. The van der Waals surface area contributed by atoms with Gasteiger partial charge in [-0.05, 0) is 54.1 Å². The van der Waals surface area contributed by atoms with Gasteiger partial charge in [0.25, 0.3) is 11.8 Å². The van der Waals surface area contributed by atoms with Crippen LogP contribution >= 0.6 is 27.5 Å². The van der Waals surface area contributed by atoms with Crippen LogP contribution in [-0.2, 0) is 4.79 Å². The van der Waals surface area contributed by atoms with Crippen LogP contribution in [0.5, 0.6) is 11.5 Å². The van der Waals surface area contributed by atoms with Gasteiger partial charge in [0.2, 0.25) is 0 Å². The summed E-state index contributed by atoms with van der Waals surface area (Å²) in [7, 11) is 1.46. The smallest absolute Gasteiger partial charge is 0.271 e. The predicted molar refractivity (Wildman–Crippen MR) is 128 cm³/mol. The number of hydrazone groups is 1. The van der Waals surface area contributed by atoms with Crippen LogP contribution in [0.3, 0.4) is 0 Å². The fourth-order valence-corrected chi connectivity index (χ4v) is 3.18. The molecule has 0 atom stereocenters. The van der Waals surface area contributed by atoms with Crippen LogP contribution in [0.15, 0.2) is 76.3 Å². The normalized spacial score (nSPS) is 10.6. The predicted octanol–water partition coefficient (Wildman–Crippen LogP) is 4.89. The summed E-state index contributed by atoms with van der Waals surface area (Å²) in [5, 5.41) is 6.91. The van der Waals surface area contributed by atoms with E-state index in [1.165, 1.54) is 13.3 Å². The van der Waals surface area contributed by atoms with Gasteiger partial charge in [-0.15, -0.1) is 0 Å². The van der Waals surface area contributed by atoms with Crippen LogP contribution in [0, 0.1) is 0 Å². The first-order valence-electron chi connectivity index (χ1n) is 9.40. The molecule has 0 bridgehead atoms. The van der Waals surface area contributed by atoms with E-state index in [2.05, 4.69) is 31.8 Å². The molecule has 0 saturated heterocycles. The molecule has 0 aliphatic heterocycles. The largest absolute Gasteiger partial charge is 0.493 e. The first kappa shape index (κ1) is 23.3. The van der Waals surface area contributed by atoms with Crippen LogP contribution in [-0.4, -0.2) is 31.7 Å². The SMILES string of the molecule is COc1cc(/C=N/NC(=O)c2ccc(Br)cc2)cc(Cl)c1OCC(=O)Nc1ccccc1. The van der Waals surface area contributed by atoms with Gasteiger partial charge in [-0.1, -0.05) is 45.7 Å². The number of hydrogen-bond acceptors (Lipinski definition) is 5. The molecule has 0 fully saturated rings. The fourth-order valence-electron chi connectivity index (χ4n) is 2.64. The lowest BCUT2D eigenvalue weighted by Gasteiger charge is -2.13. The van der Waals surface area contributed by atoms with Gasteiger partial charge in [-0.25, -0.2) is 5.43 Å². The van der Waals surface area contributed by atoms with Crippen molar-refractivity contribution >= 4 is 51.2 Å². The summed E-state index contributed by atoms with van der Waals surface area (Å²) in [5.74, 6) is -0.133. The van der Waals surface area contributed by atoms with Crippen molar-refractivity contribution in [3.8, 4) is 11.5 Å². The second-order valence-electron chi connectivity index (χ2n) is 6.44. The standard InChI is InChI=1S/C23H19BrClN3O4/c1-31-20-12-15(13-26-28-23(30)16-7-9-17(24)10-8-16)11-19(25)22(20)32-14-21(29)27-18-5-3-2-4-6-18/h2-13H,14H2,1H3,(H,27,29)(H,28,30)/b26-13+. The van der Waals surface area contributed by atoms with E-state index in [0.29, 0.717) is 22.6 Å². The highest BCUT2D eigenvalue weighted by atomic mass is 79.9. The lowest BCUT2D eigenvalue weighted by molar-refractivity contribution is -0.118. The summed E-state index contributed by atoms with van der Waals surface area (Å²) < 4.78 is 11.8. The van der Waals surface area contributed by atoms with Crippen molar-refractivity contribution in [1.82, 2.24) is 5.43 Å². The Morgan fingerprint density at radius 3 is 2.50 bits per heavy atom. The number of carbonyl (C=O) groups is 2. The number of carbonyl (C=O) groups excluding carboxylic acids is 2. The molecule has 0 heterocycles. The molecule has 0 saturated carbocycles. The van der Waals surface area contributed by atoms with E-state index in [1.54, 1.807) is 48.5 Å². The minimum absolute atomic E-state index is 0.230. The summed E-state index contributed by atoms with van der Waals surface area (Å²) in [6.07, 6.45) is 1.43. The Labute approximate surface area is 198 Å². The minimum Gasteiger partial charge on any atom is -0.493 e. The second kappa shape index (κ2) is 11.3. The molecule has 0 aliphatic rings. The first-order valence-corrected chi connectivity index (χ1v) is 10.6. The average molecular weight is 517 g/mol. The molecule has 2 amide bonds. The van der Waals surface area contributed by atoms with Gasteiger partial charge < -0.3 is 14.8 Å². The van der Waals surface area contributed by atoms with Gasteiger partial charge in [-0.3, -0.25) is 9.59 Å². The van der Waals surface area contributed by atoms with Crippen molar-refractivity contribution in [2.75, 3.05) is 19.0 Å². The van der Waals surface area contributed by atoms with Crippen molar-refractivity contribution in [2.45, 2.75) is 0 Å². The zero-order valence-electron chi connectivity index (χ0n) is 17.0. The molecule has 0 aliphatic carbocycles. The van der Waals surface area contributed by atoms with Crippen LogP contribution < -0.4 is 20.2 Å². The van der Waals surface area contributed by atoms with Crippen LogP contribution in [0.1, 0.15) is 15.9 Å². The number of rotatable bonds is 8. The van der Waals surface area contributed by atoms with Gasteiger partial charge in [0.15, 0.2) is 18.1 Å². The number of amides is 2. The second-order valence-corrected chi connectivity index (χ2v) is 7.77. The van der Waals surface area contributed by atoms with E-state index in [4.69, 9.17) is 21.1 Å². The number of hydrogen-bond donors (Lipinski definition) is 2. The zero-order chi connectivity index (χ0) is 22.9. The highest BCUT2D eigenvalue weighted by Crippen LogP contribution is 2.36. The van der Waals surface area contributed by atoms with E-state index >= 15 is 0 Å². The van der Waals surface area contributed by atoms with Gasteiger partial charge in [0.1, 0.15) is 0 Å². The number of ether oxygens (including phenoxy) is 2. The molecule has 2 N–H and O–H groups in total. The molecule has 7 nitrogen and oxygen atoms in total. The highest BCUT2D eigenvalue weighted by Gasteiger charge is 2.14. The van der Waals surface area contributed by atoms with E-state index in [1.807, 2.05) is 18.2 Å². The Hall–Kier alpha value is -3.36. The number of nitrogens with zero attached hydrogens (tertiary/aromatic N) is 1. The molecular formula is C23H19BrClN3O4. The average Bonchev–Trinajstić information content (AvgIpc) is 2.79. The Morgan fingerprint density at radius 1 is 1.09 bits per heavy atom. The number of halogens is 2. The van der Waals surface area contributed by atoms with Gasteiger partial charge >= 0.3 is 0 Å². The van der Waals surface area contributed by atoms with Gasteiger partial charge in [0.05, 0.1) is 18.3 Å². The fraction of sp³-hybridized carbons (Fsp3) is 0.0870. The Kier molecular flexibility index (Phi) is 8.24. The maximum Gasteiger partial charge on any atom is 0.271 e. The molecule has 0 unspecified atom stereocenters. The zero-order valence-corrected chi connectivity index (χ0v) is 19.3.